The number of ether oxygens (including phenoxy) is 1. The summed E-state index contributed by atoms with van der Waals surface area (Å²) >= 11 is 0. The van der Waals surface area contributed by atoms with E-state index in [2.05, 4.69) is 36.3 Å². The van der Waals surface area contributed by atoms with Gasteiger partial charge in [-0.25, -0.2) is 4.99 Å². The van der Waals surface area contributed by atoms with Gasteiger partial charge in [-0.15, -0.1) is 0 Å². The lowest BCUT2D eigenvalue weighted by atomic mass is 10.1. The molecule has 1 aromatic rings. The summed E-state index contributed by atoms with van der Waals surface area (Å²) < 4.78 is 5.23. The number of rotatable bonds is 4. The molecule has 0 saturated heterocycles. The van der Waals surface area contributed by atoms with Crippen molar-refractivity contribution in [2.75, 3.05) is 7.11 Å². The second-order valence-corrected chi connectivity index (χ2v) is 5.00. The van der Waals surface area contributed by atoms with Gasteiger partial charge in [0.2, 0.25) is 0 Å². The second kappa shape index (κ2) is 5.29. The maximum atomic E-state index is 5.83. The van der Waals surface area contributed by atoms with Gasteiger partial charge in [-0.2, -0.15) is 0 Å². The summed E-state index contributed by atoms with van der Waals surface area (Å²) in [6, 6.07) is 8.80. The normalized spacial score (nSPS) is 23.0. The summed E-state index contributed by atoms with van der Waals surface area (Å²) in [5, 5.41) is 3.11. The van der Waals surface area contributed by atoms with Gasteiger partial charge in [-0.1, -0.05) is 12.1 Å². The fraction of sp³-hybridized carbons (Fsp3) is 0.500. The number of aliphatic imine (C=N–C) groups is 1. The lowest BCUT2D eigenvalue weighted by molar-refractivity contribution is 0.414. The Morgan fingerprint density at radius 1 is 1.50 bits per heavy atom. The molecule has 1 aromatic carbocycles. The Hall–Kier alpha value is -1.71. The fourth-order valence-electron chi connectivity index (χ4n) is 2.07. The van der Waals surface area contributed by atoms with Crippen LogP contribution in [0.4, 0.5) is 0 Å². The van der Waals surface area contributed by atoms with Crippen LogP contribution in [-0.2, 0) is 0 Å². The van der Waals surface area contributed by atoms with Gasteiger partial charge in [0.25, 0.3) is 0 Å². The Kier molecular flexibility index (Phi) is 3.75. The molecule has 0 bridgehead atoms. The minimum absolute atomic E-state index is 0.309. The van der Waals surface area contributed by atoms with Crippen molar-refractivity contribution in [3.05, 3.63) is 29.8 Å². The highest BCUT2D eigenvalue weighted by atomic mass is 16.5. The maximum absolute atomic E-state index is 5.83. The molecule has 2 rings (SSSR count). The molecule has 3 N–H and O–H groups in total. The number of guanidine groups is 1. The van der Waals surface area contributed by atoms with Gasteiger partial charge in [0, 0.05) is 12.0 Å². The van der Waals surface area contributed by atoms with E-state index in [1.54, 1.807) is 7.11 Å². The molecule has 1 saturated carbocycles. The highest BCUT2D eigenvalue weighted by Crippen LogP contribution is 2.44. The smallest absolute Gasteiger partial charge is 0.189 e. The van der Waals surface area contributed by atoms with Gasteiger partial charge in [0.05, 0.1) is 13.2 Å². The van der Waals surface area contributed by atoms with Gasteiger partial charge in [-0.3, -0.25) is 0 Å². The average Bonchev–Trinajstić information content (AvgIpc) is 3.07. The molecule has 4 heteroatoms. The summed E-state index contributed by atoms with van der Waals surface area (Å²) in [5.74, 6) is 1.92. The van der Waals surface area contributed by atoms with Crippen molar-refractivity contribution in [2.24, 2.45) is 10.7 Å². The number of hydrogen-bond donors (Lipinski definition) is 2. The Bertz CT molecular complexity index is 442. The predicted molar refractivity (Wildman–Crippen MR) is 74.0 cm³/mol. The van der Waals surface area contributed by atoms with E-state index in [0.29, 0.717) is 24.0 Å². The van der Waals surface area contributed by atoms with Crippen LogP contribution in [0.25, 0.3) is 0 Å². The zero-order valence-electron chi connectivity index (χ0n) is 11.2. The van der Waals surface area contributed by atoms with E-state index in [1.165, 1.54) is 5.56 Å². The maximum Gasteiger partial charge on any atom is 0.189 e. The number of nitrogens with zero attached hydrogens (tertiary/aromatic N) is 1. The molecule has 1 aliphatic carbocycles. The highest BCUT2D eigenvalue weighted by Gasteiger charge is 2.38. The first-order valence-corrected chi connectivity index (χ1v) is 6.34. The molecule has 0 aliphatic heterocycles. The van der Waals surface area contributed by atoms with Crippen LogP contribution >= 0.6 is 0 Å². The largest absolute Gasteiger partial charge is 0.497 e. The molecule has 4 nitrogen and oxygen atoms in total. The monoisotopic (exact) mass is 247 g/mol. The van der Waals surface area contributed by atoms with Crippen LogP contribution in [-0.4, -0.2) is 25.2 Å². The minimum atomic E-state index is 0.309. The van der Waals surface area contributed by atoms with Crippen molar-refractivity contribution in [3.8, 4) is 5.75 Å². The third-order valence-corrected chi connectivity index (χ3v) is 3.02. The highest BCUT2D eigenvalue weighted by molar-refractivity contribution is 5.78. The molecule has 0 heterocycles. The number of nitrogens with two attached hydrogens (primary N) is 1. The van der Waals surface area contributed by atoms with Gasteiger partial charge < -0.3 is 15.8 Å². The molecule has 1 fully saturated rings. The summed E-state index contributed by atoms with van der Waals surface area (Å²) in [5.41, 5.74) is 7.10. The Morgan fingerprint density at radius 3 is 2.94 bits per heavy atom. The summed E-state index contributed by atoms with van der Waals surface area (Å²) in [6.45, 7) is 4.10. The summed E-state index contributed by atoms with van der Waals surface area (Å²) in [6.07, 6.45) is 1.06. The third-order valence-electron chi connectivity index (χ3n) is 3.02. The van der Waals surface area contributed by atoms with Crippen LogP contribution in [0.5, 0.6) is 5.75 Å². The number of methoxy groups -OCH3 is 1. The zero-order valence-corrected chi connectivity index (χ0v) is 11.2. The van der Waals surface area contributed by atoms with E-state index in [1.807, 2.05) is 12.1 Å². The lowest BCUT2D eigenvalue weighted by Crippen LogP contribution is -2.37. The van der Waals surface area contributed by atoms with E-state index in [-0.39, 0.29) is 0 Å². The van der Waals surface area contributed by atoms with Crippen molar-refractivity contribution < 1.29 is 4.74 Å². The number of hydrogen-bond acceptors (Lipinski definition) is 2. The van der Waals surface area contributed by atoms with E-state index in [4.69, 9.17) is 10.5 Å². The standard InChI is InChI=1S/C14H21N3O/c1-9(2)16-14(15)17-13-8-12(13)10-5-4-6-11(7-10)18-3/h4-7,9,12-13H,8H2,1-3H3,(H3,15,16,17)/t12-,13+/m0/s1. The molecule has 0 aromatic heterocycles. The van der Waals surface area contributed by atoms with E-state index in [0.717, 1.165) is 12.2 Å². The molecule has 0 unspecified atom stereocenters. The SMILES string of the molecule is COc1cccc([C@@H]2C[C@H]2N=C(N)NC(C)C)c1. The van der Waals surface area contributed by atoms with Crippen molar-refractivity contribution in [1.29, 1.82) is 0 Å². The minimum Gasteiger partial charge on any atom is -0.497 e. The first-order chi connectivity index (χ1) is 8.60. The van der Waals surface area contributed by atoms with Crippen molar-refractivity contribution >= 4 is 5.96 Å². The van der Waals surface area contributed by atoms with Crippen LogP contribution in [0, 0.1) is 0 Å². The van der Waals surface area contributed by atoms with E-state index in [9.17, 15) is 0 Å². The second-order valence-electron chi connectivity index (χ2n) is 5.00. The predicted octanol–water partition coefficient (Wildman–Crippen LogP) is 1.86. The molecular formula is C14H21N3O. The zero-order chi connectivity index (χ0) is 13.1. The third kappa shape index (κ3) is 3.15. The first-order valence-electron chi connectivity index (χ1n) is 6.34. The van der Waals surface area contributed by atoms with Gasteiger partial charge in [0.15, 0.2) is 5.96 Å². The van der Waals surface area contributed by atoms with Crippen LogP contribution in [0.1, 0.15) is 31.7 Å². The quantitative estimate of drug-likeness (QED) is 0.630. The molecule has 18 heavy (non-hydrogen) atoms. The van der Waals surface area contributed by atoms with E-state index < -0.39 is 0 Å². The van der Waals surface area contributed by atoms with Crippen LogP contribution in [0.15, 0.2) is 29.3 Å². The topological polar surface area (TPSA) is 59.6 Å². The Morgan fingerprint density at radius 2 is 2.28 bits per heavy atom. The molecule has 1 aliphatic rings. The van der Waals surface area contributed by atoms with Crippen LogP contribution in [0.3, 0.4) is 0 Å². The molecule has 0 amide bonds. The van der Waals surface area contributed by atoms with Crippen LogP contribution < -0.4 is 15.8 Å². The Balaban J connectivity index is 1.98. The summed E-state index contributed by atoms with van der Waals surface area (Å²) in [4.78, 5) is 4.48. The van der Waals surface area contributed by atoms with E-state index >= 15 is 0 Å². The number of nitrogens with one attached hydrogen (secondary N) is 1. The van der Waals surface area contributed by atoms with Crippen molar-refractivity contribution in [2.45, 2.75) is 38.3 Å². The van der Waals surface area contributed by atoms with Crippen molar-refractivity contribution in [1.82, 2.24) is 5.32 Å². The van der Waals surface area contributed by atoms with Gasteiger partial charge in [0.1, 0.15) is 5.75 Å². The van der Waals surface area contributed by atoms with Gasteiger partial charge in [-0.05, 0) is 38.0 Å². The van der Waals surface area contributed by atoms with Gasteiger partial charge >= 0.3 is 0 Å². The molecule has 98 valence electrons. The molecule has 0 radical (unpaired) electrons. The lowest BCUT2D eigenvalue weighted by Gasteiger charge is -2.08. The summed E-state index contributed by atoms with van der Waals surface area (Å²) in [7, 11) is 1.69. The van der Waals surface area contributed by atoms with Crippen molar-refractivity contribution in [3.63, 3.8) is 0 Å². The van der Waals surface area contributed by atoms with Crippen LogP contribution in [0.2, 0.25) is 0 Å². The first kappa shape index (κ1) is 12.7. The molecule has 2 atom stereocenters. The molecule has 0 spiro atoms. The Labute approximate surface area is 108 Å². The average molecular weight is 247 g/mol. The molecular weight excluding hydrogens is 226 g/mol. The fourth-order valence-corrected chi connectivity index (χ4v) is 2.07. The number of benzene rings is 1.